The van der Waals surface area contributed by atoms with Crippen LogP contribution in [0.2, 0.25) is 0 Å². The van der Waals surface area contributed by atoms with Gasteiger partial charge in [-0.15, -0.1) is 0 Å². The topological polar surface area (TPSA) is 84.9 Å². The molecule has 3 aliphatic rings. The zero-order valence-electron chi connectivity index (χ0n) is 16.1. The molecule has 0 radical (unpaired) electrons. The van der Waals surface area contributed by atoms with Gasteiger partial charge in [-0.2, -0.15) is 0 Å². The fourth-order valence-electron chi connectivity index (χ4n) is 3.68. The molecule has 2 aliphatic heterocycles. The van der Waals surface area contributed by atoms with Crippen LogP contribution in [0.15, 0.2) is 0 Å². The van der Waals surface area contributed by atoms with Gasteiger partial charge in [-0.25, -0.2) is 17.9 Å². The van der Waals surface area contributed by atoms with Crippen molar-refractivity contribution < 1.29 is 22.7 Å². The van der Waals surface area contributed by atoms with Crippen molar-refractivity contribution in [2.24, 2.45) is 5.92 Å². The normalized spacial score (nSPS) is 26.7. The van der Waals surface area contributed by atoms with Gasteiger partial charge in [0.05, 0.1) is 18.0 Å². The minimum absolute atomic E-state index is 0.131. The molecule has 1 aliphatic carbocycles. The Kier molecular flexibility index (Phi) is 5.57. The standard InChI is InChI=1S/C18H32N2O5S/c1-17(2,3)25-16(21)20-10-8-18(9-11-20)7-6-15(12-24-18)19-26(22,23)13-14-4-5-14/h14-15,19H,4-13H2,1-3H3. The van der Waals surface area contributed by atoms with Gasteiger partial charge >= 0.3 is 6.09 Å². The molecular formula is C18H32N2O5S. The maximum absolute atomic E-state index is 12.2. The van der Waals surface area contributed by atoms with E-state index in [1.54, 1.807) is 4.90 Å². The van der Waals surface area contributed by atoms with Crippen LogP contribution in [0.3, 0.4) is 0 Å². The predicted octanol–water partition coefficient (Wildman–Crippen LogP) is 2.26. The Bertz CT molecular complexity index is 606. The average Bonchev–Trinajstić information content (AvgIpc) is 3.32. The lowest BCUT2D eigenvalue weighted by Gasteiger charge is -2.45. The van der Waals surface area contributed by atoms with Crippen molar-refractivity contribution in [2.75, 3.05) is 25.4 Å². The molecule has 26 heavy (non-hydrogen) atoms. The van der Waals surface area contributed by atoms with Crippen molar-refractivity contribution in [1.29, 1.82) is 0 Å². The first-order valence-corrected chi connectivity index (χ1v) is 11.3. The van der Waals surface area contributed by atoms with Gasteiger partial charge in [-0.05, 0) is 65.2 Å². The number of likely N-dealkylation sites (tertiary alicyclic amines) is 1. The van der Waals surface area contributed by atoms with Gasteiger partial charge in [0.15, 0.2) is 0 Å². The molecule has 3 fully saturated rings. The number of ether oxygens (including phenoxy) is 2. The van der Waals surface area contributed by atoms with Crippen molar-refractivity contribution in [3.8, 4) is 0 Å². The summed E-state index contributed by atoms with van der Waals surface area (Å²) in [5, 5.41) is 0. The molecule has 7 nitrogen and oxygen atoms in total. The Morgan fingerprint density at radius 3 is 2.35 bits per heavy atom. The Labute approximate surface area is 156 Å². The number of amides is 1. The quantitative estimate of drug-likeness (QED) is 0.798. The van der Waals surface area contributed by atoms with Crippen molar-refractivity contribution in [3.05, 3.63) is 0 Å². The van der Waals surface area contributed by atoms with E-state index in [1.807, 2.05) is 20.8 Å². The fraction of sp³-hybridized carbons (Fsp3) is 0.944. The smallest absolute Gasteiger partial charge is 0.410 e. The van der Waals surface area contributed by atoms with Gasteiger partial charge < -0.3 is 14.4 Å². The molecule has 3 rings (SSSR count). The summed E-state index contributed by atoms with van der Waals surface area (Å²) in [5.41, 5.74) is -0.713. The van der Waals surface area contributed by atoms with Gasteiger partial charge in [-0.3, -0.25) is 0 Å². The molecule has 2 saturated heterocycles. The molecule has 2 heterocycles. The number of nitrogens with one attached hydrogen (secondary N) is 1. The average molecular weight is 389 g/mol. The monoisotopic (exact) mass is 388 g/mol. The predicted molar refractivity (Wildman–Crippen MR) is 98.4 cm³/mol. The second-order valence-electron chi connectivity index (χ2n) is 9.04. The number of piperidine rings is 1. The van der Waals surface area contributed by atoms with Gasteiger partial charge in [0.25, 0.3) is 0 Å². The summed E-state index contributed by atoms with van der Waals surface area (Å²) in [6, 6.07) is -0.131. The van der Waals surface area contributed by atoms with Crippen LogP contribution in [0, 0.1) is 5.92 Å². The van der Waals surface area contributed by atoms with Gasteiger partial charge in [-0.1, -0.05) is 0 Å². The summed E-state index contributed by atoms with van der Waals surface area (Å²) in [5.74, 6) is 0.597. The molecule has 0 bridgehead atoms. The number of sulfonamides is 1. The summed E-state index contributed by atoms with van der Waals surface area (Å²) < 4.78 is 38.6. The van der Waals surface area contributed by atoms with Gasteiger partial charge in [0.1, 0.15) is 5.60 Å². The Hall–Kier alpha value is -0.860. The molecule has 0 aromatic carbocycles. The zero-order valence-corrected chi connectivity index (χ0v) is 16.9. The molecule has 8 heteroatoms. The maximum Gasteiger partial charge on any atom is 0.410 e. The summed E-state index contributed by atoms with van der Waals surface area (Å²) in [6.45, 7) is 7.25. The van der Waals surface area contributed by atoms with Crippen molar-refractivity contribution in [3.63, 3.8) is 0 Å². The van der Waals surface area contributed by atoms with Crippen LogP contribution in [0.5, 0.6) is 0 Å². The van der Waals surface area contributed by atoms with E-state index in [0.29, 0.717) is 25.6 Å². The molecule has 1 saturated carbocycles. The first-order valence-electron chi connectivity index (χ1n) is 9.68. The fourth-order valence-corrected chi connectivity index (χ4v) is 5.42. The minimum atomic E-state index is -3.20. The number of hydrogen-bond donors (Lipinski definition) is 1. The van der Waals surface area contributed by atoms with E-state index in [1.165, 1.54) is 0 Å². The van der Waals surface area contributed by atoms with Crippen LogP contribution >= 0.6 is 0 Å². The van der Waals surface area contributed by atoms with E-state index < -0.39 is 15.6 Å². The number of hydrogen-bond acceptors (Lipinski definition) is 5. The van der Waals surface area contributed by atoms with E-state index in [9.17, 15) is 13.2 Å². The van der Waals surface area contributed by atoms with Crippen LogP contribution in [0.4, 0.5) is 4.79 Å². The molecule has 0 aromatic heterocycles. The zero-order chi connectivity index (χ0) is 19.0. The third-order valence-electron chi connectivity index (χ3n) is 5.36. The lowest BCUT2D eigenvalue weighted by molar-refractivity contribution is -0.117. The van der Waals surface area contributed by atoms with E-state index >= 15 is 0 Å². The summed E-state index contributed by atoms with van der Waals surface area (Å²) in [4.78, 5) is 13.9. The molecule has 1 unspecified atom stereocenters. The number of carbonyl (C=O) groups is 1. The molecular weight excluding hydrogens is 356 g/mol. The SMILES string of the molecule is CC(C)(C)OC(=O)N1CCC2(CCC(NS(=O)(=O)CC3CC3)CO2)CC1. The first-order chi connectivity index (χ1) is 12.1. The van der Waals surface area contributed by atoms with E-state index in [4.69, 9.17) is 9.47 Å². The van der Waals surface area contributed by atoms with Crippen molar-refractivity contribution in [1.82, 2.24) is 9.62 Å². The number of rotatable bonds is 4. The highest BCUT2D eigenvalue weighted by molar-refractivity contribution is 7.89. The van der Waals surface area contributed by atoms with Crippen LogP contribution in [0.1, 0.15) is 59.3 Å². The van der Waals surface area contributed by atoms with Gasteiger partial charge in [0.2, 0.25) is 10.0 Å². The Balaban J connectivity index is 1.44. The Morgan fingerprint density at radius 1 is 1.19 bits per heavy atom. The summed E-state index contributed by atoms with van der Waals surface area (Å²) >= 11 is 0. The summed E-state index contributed by atoms with van der Waals surface area (Å²) in [7, 11) is -3.20. The van der Waals surface area contributed by atoms with Crippen LogP contribution < -0.4 is 4.72 Å². The minimum Gasteiger partial charge on any atom is -0.444 e. The third kappa shape index (κ3) is 5.57. The number of carbonyl (C=O) groups excluding carboxylic acids is 1. The van der Waals surface area contributed by atoms with Crippen LogP contribution in [0.25, 0.3) is 0 Å². The second kappa shape index (κ2) is 7.28. The molecule has 1 spiro atoms. The van der Waals surface area contributed by atoms with Gasteiger partial charge in [0, 0.05) is 19.1 Å². The highest BCUT2D eigenvalue weighted by Crippen LogP contribution is 2.36. The highest BCUT2D eigenvalue weighted by atomic mass is 32.2. The van der Waals surface area contributed by atoms with Crippen molar-refractivity contribution in [2.45, 2.75) is 76.5 Å². The molecule has 1 N–H and O–H groups in total. The molecule has 1 atom stereocenters. The molecule has 1 amide bonds. The third-order valence-corrected chi connectivity index (χ3v) is 6.97. The molecule has 0 aromatic rings. The Morgan fingerprint density at radius 2 is 1.85 bits per heavy atom. The largest absolute Gasteiger partial charge is 0.444 e. The van der Waals surface area contributed by atoms with Crippen LogP contribution in [-0.4, -0.2) is 62.1 Å². The first kappa shape index (κ1) is 19.9. The van der Waals surface area contributed by atoms with Crippen molar-refractivity contribution >= 4 is 16.1 Å². The van der Waals surface area contributed by atoms with E-state index in [2.05, 4.69) is 4.72 Å². The molecule has 150 valence electrons. The second-order valence-corrected chi connectivity index (χ2v) is 10.8. The van der Waals surface area contributed by atoms with Crippen LogP contribution in [-0.2, 0) is 19.5 Å². The van der Waals surface area contributed by atoms with E-state index in [0.717, 1.165) is 38.5 Å². The van der Waals surface area contributed by atoms with E-state index in [-0.39, 0.29) is 23.5 Å². The summed E-state index contributed by atoms with van der Waals surface area (Å²) in [6.07, 6.45) is 4.94. The number of nitrogens with zero attached hydrogens (tertiary/aromatic N) is 1. The lowest BCUT2D eigenvalue weighted by Crippen LogP contribution is -2.54. The maximum atomic E-state index is 12.2. The lowest BCUT2D eigenvalue weighted by atomic mass is 9.83. The highest BCUT2D eigenvalue weighted by Gasteiger charge is 2.41.